The zero-order valence-electron chi connectivity index (χ0n) is 22.7. The lowest BCUT2D eigenvalue weighted by atomic mass is 9.71. The standard InChI is InChI=1S/C31H48N2O/c1-8-24(3)27-16-18-28(19-17-27)25(4)22-31(5,30(34)32-20-13-21-33(6)7)23-26(9-2)29-14-11-10-12-15-29/h10-12,14-19,24-26H,8-9,13,20-23H2,1-7H3,(H,32,34). The normalized spacial score (nSPS) is 16.0. The first-order valence-electron chi connectivity index (χ1n) is 13.3. The minimum absolute atomic E-state index is 0.198. The third-order valence-corrected chi connectivity index (χ3v) is 7.52. The minimum atomic E-state index is -0.427. The molecule has 3 heteroatoms. The van der Waals surface area contributed by atoms with Crippen LogP contribution in [0.2, 0.25) is 0 Å². The van der Waals surface area contributed by atoms with Gasteiger partial charge in [-0.05, 0) is 87.2 Å². The molecule has 0 saturated heterocycles. The highest BCUT2D eigenvalue weighted by Crippen LogP contribution is 2.41. The Hall–Kier alpha value is -2.13. The second kappa shape index (κ2) is 13.7. The molecule has 1 amide bonds. The van der Waals surface area contributed by atoms with Gasteiger partial charge in [0.05, 0.1) is 0 Å². The highest BCUT2D eigenvalue weighted by molar-refractivity contribution is 5.82. The summed E-state index contributed by atoms with van der Waals surface area (Å²) in [5, 5.41) is 3.28. The van der Waals surface area contributed by atoms with Gasteiger partial charge in [0.25, 0.3) is 0 Å². The van der Waals surface area contributed by atoms with E-state index in [1.54, 1.807) is 0 Å². The van der Waals surface area contributed by atoms with Crippen molar-refractivity contribution in [2.75, 3.05) is 27.2 Å². The molecule has 1 N–H and O–H groups in total. The SMILES string of the molecule is CCC(C)c1ccc(C(C)CC(C)(CC(CC)c2ccccc2)C(=O)NCCCN(C)C)cc1. The number of benzene rings is 2. The fraction of sp³-hybridized carbons (Fsp3) is 0.581. The molecule has 0 aliphatic heterocycles. The maximum atomic E-state index is 13.6. The number of carbonyl (C=O) groups is 1. The molecule has 3 nitrogen and oxygen atoms in total. The van der Waals surface area contributed by atoms with Gasteiger partial charge in [-0.25, -0.2) is 0 Å². The molecule has 0 spiro atoms. The Kier molecular flexibility index (Phi) is 11.3. The van der Waals surface area contributed by atoms with Crippen molar-refractivity contribution in [1.29, 1.82) is 0 Å². The Bertz CT molecular complexity index is 845. The first kappa shape index (κ1) is 28.1. The van der Waals surface area contributed by atoms with Crippen molar-refractivity contribution in [2.45, 2.75) is 84.5 Å². The topological polar surface area (TPSA) is 32.3 Å². The van der Waals surface area contributed by atoms with Gasteiger partial charge in [0.1, 0.15) is 0 Å². The van der Waals surface area contributed by atoms with E-state index < -0.39 is 5.41 Å². The van der Waals surface area contributed by atoms with Gasteiger partial charge in [0.2, 0.25) is 5.91 Å². The molecule has 0 aliphatic carbocycles. The van der Waals surface area contributed by atoms with Gasteiger partial charge in [-0.1, -0.05) is 89.2 Å². The monoisotopic (exact) mass is 464 g/mol. The summed E-state index contributed by atoms with van der Waals surface area (Å²) >= 11 is 0. The fourth-order valence-corrected chi connectivity index (χ4v) is 5.03. The van der Waals surface area contributed by atoms with Gasteiger partial charge in [0, 0.05) is 12.0 Å². The average Bonchev–Trinajstić information content (AvgIpc) is 2.85. The molecule has 2 aromatic rings. The molecule has 34 heavy (non-hydrogen) atoms. The molecule has 0 radical (unpaired) electrons. The quantitative estimate of drug-likeness (QED) is 0.296. The highest BCUT2D eigenvalue weighted by Gasteiger charge is 2.37. The fourth-order valence-electron chi connectivity index (χ4n) is 5.03. The van der Waals surface area contributed by atoms with Gasteiger partial charge in [-0.2, -0.15) is 0 Å². The summed E-state index contributed by atoms with van der Waals surface area (Å²) < 4.78 is 0. The largest absolute Gasteiger partial charge is 0.356 e. The van der Waals surface area contributed by atoms with Crippen molar-refractivity contribution >= 4 is 5.91 Å². The summed E-state index contributed by atoms with van der Waals surface area (Å²) in [6.45, 7) is 12.9. The number of amides is 1. The van der Waals surface area contributed by atoms with Crippen molar-refractivity contribution in [2.24, 2.45) is 5.41 Å². The maximum absolute atomic E-state index is 13.6. The third-order valence-electron chi connectivity index (χ3n) is 7.52. The van der Waals surface area contributed by atoms with E-state index in [1.807, 2.05) is 0 Å². The smallest absolute Gasteiger partial charge is 0.225 e. The zero-order chi connectivity index (χ0) is 25.1. The highest BCUT2D eigenvalue weighted by atomic mass is 16.2. The van der Waals surface area contributed by atoms with Crippen LogP contribution in [0, 0.1) is 5.41 Å². The molecular formula is C31H48N2O. The summed E-state index contributed by atoms with van der Waals surface area (Å²) in [4.78, 5) is 15.8. The average molecular weight is 465 g/mol. The van der Waals surface area contributed by atoms with Crippen molar-refractivity contribution in [1.82, 2.24) is 10.2 Å². The molecule has 2 rings (SSSR count). The van der Waals surface area contributed by atoms with Crippen molar-refractivity contribution < 1.29 is 4.79 Å². The van der Waals surface area contributed by atoms with Gasteiger partial charge < -0.3 is 10.2 Å². The lowest BCUT2D eigenvalue weighted by Crippen LogP contribution is -2.41. The lowest BCUT2D eigenvalue weighted by Gasteiger charge is -2.35. The molecule has 0 saturated carbocycles. The van der Waals surface area contributed by atoms with Crippen LogP contribution in [0.4, 0.5) is 0 Å². The van der Waals surface area contributed by atoms with Crippen LogP contribution in [0.25, 0.3) is 0 Å². The molecule has 0 fully saturated rings. The van der Waals surface area contributed by atoms with Crippen LogP contribution in [0.5, 0.6) is 0 Å². The van der Waals surface area contributed by atoms with E-state index in [2.05, 4.69) is 114 Å². The van der Waals surface area contributed by atoms with Crippen molar-refractivity contribution in [3.63, 3.8) is 0 Å². The number of hydrogen-bond acceptors (Lipinski definition) is 2. The van der Waals surface area contributed by atoms with E-state index in [4.69, 9.17) is 0 Å². The molecular weight excluding hydrogens is 416 g/mol. The van der Waals surface area contributed by atoms with E-state index in [0.717, 1.165) is 45.2 Å². The number of nitrogens with zero attached hydrogens (tertiary/aromatic N) is 1. The Morgan fingerprint density at radius 2 is 1.44 bits per heavy atom. The number of rotatable bonds is 14. The molecule has 0 aliphatic rings. The van der Waals surface area contributed by atoms with Crippen LogP contribution in [0.1, 0.15) is 101 Å². The zero-order valence-corrected chi connectivity index (χ0v) is 22.7. The minimum Gasteiger partial charge on any atom is -0.356 e. The van der Waals surface area contributed by atoms with E-state index in [1.165, 1.54) is 16.7 Å². The summed E-state index contributed by atoms with van der Waals surface area (Å²) in [6.07, 6.45) is 4.86. The van der Waals surface area contributed by atoms with Crippen LogP contribution >= 0.6 is 0 Å². The van der Waals surface area contributed by atoms with E-state index >= 15 is 0 Å². The number of carbonyl (C=O) groups excluding carboxylic acids is 1. The van der Waals surface area contributed by atoms with Gasteiger partial charge in [-0.15, -0.1) is 0 Å². The summed E-state index contributed by atoms with van der Waals surface area (Å²) in [6, 6.07) is 19.8. The Labute approximate surface area is 209 Å². The van der Waals surface area contributed by atoms with Gasteiger partial charge in [-0.3, -0.25) is 4.79 Å². The van der Waals surface area contributed by atoms with Crippen molar-refractivity contribution in [3.8, 4) is 0 Å². The Morgan fingerprint density at radius 1 is 0.853 bits per heavy atom. The third kappa shape index (κ3) is 8.27. The first-order valence-corrected chi connectivity index (χ1v) is 13.3. The predicted molar refractivity (Wildman–Crippen MR) is 147 cm³/mol. The predicted octanol–water partition coefficient (Wildman–Crippen LogP) is 7.35. The van der Waals surface area contributed by atoms with E-state index in [9.17, 15) is 4.79 Å². The van der Waals surface area contributed by atoms with Crippen molar-refractivity contribution in [3.05, 3.63) is 71.3 Å². The van der Waals surface area contributed by atoms with E-state index in [0.29, 0.717) is 17.8 Å². The molecule has 2 aromatic carbocycles. The summed E-state index contributed by atoms with van der Waals surface area (Å²) in [5.74, 6) is 1.47. The maximum Gasteiger partial charge on any atom is 0.225 e. The van der Waals surface area contributed by atoms with E-state index in [-0.39, 0.29) is 5.91 Å². The van der Waals surface area contributed by atoms with Crippen LogP contribution < -0.4 is 5.32 Å². The van der Waals surface area contributed by atoms with Crippen LogP contribution in [-0.2, 0) is 4.79 Å². The molecule has 188 valence electrons. The first-order chi connectivity index (χ1) is 16.2. The van der Waals surface area contributed by atoms with Crippen LogP contribution in [0.3, 0.4) is 0 Å². The van der Waals surface area contributed by atoms with Crippen LogP contribution in [-0.4, -0.2) is 38.0 Å². The number of hydrogen-bond donors (Lipinski definition) is 1. The number of nitrogens with one attached hydrogen (secondary N) is 1. The Balaban J connectivity index is 2.21. The van der Waals surface area contributed by atoms with Gasteiger partial charge >= 0.3 is 0 Å². The molecule has 4 unspecified atom stereocenters. The summed E-state index contributed by atoms with van der Waals surface area (Å²) in [5.41, 5.74) is 3.63. The van der Waals surface area contributed by atoms with Crippen LogP contribution in [0.15, 0.2) is 54.6 Å². The second-order valence-electron chi connectivity index (χ2n) is 10.8. The molecule has 0 bridgehead atoms. The van der Waals surface area contributed by atoms with Gasteiger partial charge in [0.15, 0.2) is 0 Å². The lowest BCUT2D eigenvalue weighted by molar-refractivity contribution is -0.131. The molecule has 0 aromatic heterocycles. The molecule has 4 atom stereocenters. The summed E-state index contributed by atoms with van der Waals surface area (Å²) in [7, 11) is 4.15. The second-order valence-corrected chi connectivity index (χ2v) is 10.8. The Morgan fingerprint density at radius 3 is 1.97 bits per heavy atom. The molecule has 0 heterocycles.